The second-order valence-electron chi connectivity index (χ2n) is 7.76. The summed E-state index contributed by atoms with van der Waals surface area (Å²) in [5.74, 6) is 0.717. The van der Waals surface area contributed by atoms with Crippen LogP contribution in [0.5, 0.6) is 23.0 Å². The molecule has 2 rings (SSSR count). The summed E-state index contributed by atoms with van der Waals surface area (Å²) in [4.78, 5) is 4.24. The van der Waals surface area contributed by atoms with Crippen LogP contribution in [-0.4, -0.2) is 51.2 Å². The Hall–Kier alpha value is 1.66. The second-order valence-corrected chi connectivity index (χ2v) is 7.76. The fourth-order valence-electron chi connectivity index (χ4n) is 3.47. The zero-order valence-corrected chi connectivity index (χ0v) is 35.6. The molecule has 0 aliphatic heterocycles. The van der Waals surface area contributed by atoms with Crippen LogP contribution in [0.25, 0.3) is 0 Å². The monoisotopic (exact) mass is 710 g/mol. The van der Waals surface area contributed by atoms with Gasteiger partial charge in [0.1, 0.15) is 11.5 Å². The Morgan fingerprint density at radius 1 is 0.676 bits per heavy atom. The zero-order valence-electron chi connectivity index (χ0n) is 23.1. The van der Waals surface area contributed by atoms with E-state index in [1.165, 1.54) is 14.2 Å². The van der Waals surface area contributed by atoms with Gasteiger partial charge in [-0.2, -0.15) is 0 Å². The largest absolute Gasteiger partial charge is 1.00 e. The summed E-state index contributed by atoms with van der Waals surface area (Å²) >= 11 is 0. The molecule has 0 aliphatic carbocycles. The molecule has 0 unspecified atom stereocenters. The van der Waals surface area contributed by atoms with Gasteiger partial charge in [0.2, 0.25) is 0 Å². The topological polar surface area (TPSA) is 71.1 Å². The summed E-state index contributed by atoms with van der Waals surface area (Å²) in [6.45, 7) is 10.8. The van der Waals surface area contributed by atoms with Gasteiger partial charge in [-0.15, -0.1) is 0 Å². The van der Waals surface area contributed by atoms with Gasteiger partial charge < -0.3 is 29.5 Å². The van der Waals surface area contributed by atoms with Gasteiger partial charge in [-0.3, -0.25) is 0 Å². The molecule has 0 aromatic heterocycles. The maximum Gasteiger partial charge on any atom is 1.00 e. The first-order chi connectivity index (χ1) is 15.3. The molecule has 0 saturated carbocycles. The third-order valence-electron chi connectivity index (χ3n) is 5.38. The van der Waals surface area contributed by atoms with Crippen LogP contribution >= 0.6 is 0 Å². The van der Waals surface area contributed by atoms with Crippen LogP contribution in [0.3, 0.4) is 0 Å². The molecule has 6 nitrogen and oxygen atoms in total. The average molecular weight is 710 g/mol. The number of benzene rings is 2. The number of nitrogens with zero attached hydrogens (tertiary/aromatic N) is 2. The Kier molecular flexibility index (Phi) is 22.9. The molecule has 34 heavy (non-hydrogen) atoms. The predicted molar refractivity (Wildman–Crippen MR) is 128 cm³/mol. The Morgan fingerprint density at radius 3 is 1.26 bits per heavy atom. The molecule has 0 heterocycles. The molecule has 0 saturated heterocycles. The fraction of sp³-hybridized carbons (Fsp3) is 0.538. The SMILES string of the molecule is CC.CCc1cc(CN(C)CCN(C)Cc2cc(CC)cc(OC)c2[O-])c([O-])c(OC)c1.[Cs+].[Cs+]. The van der Waals surface area contributed by atoms with Gasteiger partial charge in [0.15, 0.2) is 0 Å². The molecule has 0 radical (unpaired) electrons. The summed E-state index contributed by atoms with van der Waals surface area (Å²) < 4.78 is 10.5. The Morgan fingerprint density at radius 2 is 1.00 bits per heavy atom. The summed E-state index contributed by atoms with van der Waals surface area (Å²) in [5, 5.41) is 25.1. The van der Waals surface area contributed by atoms with Crippen LogP contribution in [0.15, 0.2) is 24.3 Å². The number of methoxy groups -OCH3 is 2. The minimum Gasteiger partial charge on any atom is -0.870 e. The van der Waals surface area contributed by atoms with E-state index in [1.54, 1.807) is 0 Å². The molecule has 0 amide bonds. The third kappa shape index (κ3) is 12.0. The number of likely N-dealkylation sites (N-methyl/N-ethyl adjacent to an activating group) is 2. The molecular weight excluding hydrogens is 670 g/mol. The molecule has 0 atom stereocenters. The Labute approximate surface area is 325 Å². The first kappa shape index (κ1) is 37.8. The molecule has 0 fully saturated rings. The molecule has 8 heteroatoms. The maximum absolute atomic E-state index is 12.5. The minimum atomic E-state index is -0.0469. The molecule has 180 valence electrons. The van der Waals surface area contributed by atoms with Crippen LogP contribution in [0.4, 0.5) is 0 Å². The van der Waals surface area contributed by atoms with Crippen molar-refractivity contribution in [3.63, 3.8) is 0 Å². The van der Waals surface area contributed by atoms with Crippen molar-refractivity contribution in [2.45, 2.75) is 53.6 Å². The van der Waals surface area contributed by atoms with E-state index in [9.17, 15) is 10.2 Å². The Balaban J connectivity index is 0. The number of ether oxygens (including phenoxy) is 2. The number of hydrogen-bond donors (Lipinski definition) is 0. The van der Waals surface area contributed by atoms with Crippen LogP contribution in [0, 0.1) is 0 Å². The zero-order chi connectivity index (χ0) is 24.3. The molecule has 0 N–H and O–H groups in total. The van der Waals surface area contributed by atoms with Crippen LogP contribution < -0.4 is 157 Å². The van der Waals surface area contributed by atoms with Crippen LogP contribution in [0.1, 0.15) is 49.9 Å². The molecule has 0 spiro atoms. The smallest absolute Gasteiger partial charge is 0.870 e. The van der Waals surface area contributed by atoms with Gasteiger partial charge in [0.25, 0.3) is 0 Å². The van der Waals surface area contributed by atoms with Gasteiger partial charge in [-0.25, -0.2) is 0 Å². The predicted octanol–water partition coefficient (Wildman–Crippen LogP) is -2.43. The van der Waals surface area contributed by atoms with E-state index in [0.29, 0.717) is 24.6 Å². The van der Waals surface area contributed by atoms with E-state index >= 15 is 0 Å². The molecule has 2 aromatic rings. The summed E-state index contributed by atoms with van der Waals surface area (Å²) in [6.07, 6.45) is 1.71. The van der Waals surface area contributed by atoms with E-state index in [-0.39, 0.29) is 149 Å². The van der Waals surface area contributed by atoms with E-state index in [0.717, 1.165) is 48.2 Å². The van der Waals surface area contributed by atoms with Crippen molar-refractivity contribution >= 4 is 0 Å². The van der Waals surface area contributed by atoms with Crippen molar-refractivity contribution in [3.8, 4) is 23.0 Å². The molecule has 2 aromatic carbocycles. The van der Waals surface area contributed by atoms with Crippen molar-refractivity contribution in [2.24, 2.45) is 0 Å². The van der Waals surface area contributed by atoms with Crippen molar-refractivity contribution < 1.29 is 157 Å². The van der Waals surface area contributed by atoms with Gasteiger partial charge in [-0.05, 0) is 61.3 Å². The summed E-state index contributed by atoms with van der Waals surface area (Å²) in [7, 11) is 7.06. The van der Waals surface area contributed by atoms with E-state index in [1.807, 2.05) is 52.2 Å². The van der Waals surface area contributed by atoms with E-state index in [2.05, 4.69) is 23.6 Å². The second kappa shape index (κ2) is 20.6. The molecule has 0 bridgehead atoms. The quantitative estimate of drug-likeness (QED) is 0.259. The first-order valence-electron chi connectivity index (χ1n) is 11.4. The minimum absolute atomic E-state index is 0. The average Bonchev–Trinajstić information content (AvgIpc) is 2.81. The van der Waals surface area contributed by atoms with Crippen molar-refractivity contribution in [1.29, 1.82) is 0 Å². The van der Waals surface area contributed by atoms with Crippen LogP contribution in [0.2, 0.25) is 0 Å². The normalized spacial score (nSPS) is 10.2. The van der Waals surface area contributed by atoms with Gasteiger partial charge in [-0.1, -0.05) is 51.3 Å². The first-order valence-corrected chi connectivity index (χ1v) is 11.4. The molecule has 0 aliphatic rings. The Bertz CT molecular complexity index is 781. The van der Waals surface area contributed by atoms with Crippen LogP contribution in [-0.2, 0) is 25.9 Å². The van der Waals surface area contributed by atoms with E-state index in [4.69, 9.17) is 9.47 Å². The van der Waals surface area contributed by atoms with Gasteiger partial charge in [0.05, 0.1) is 14.2 Å². The summed E-state index contributed by atoms with van der Waals surface area (Å²) in [5.41, 5.74) is 3.69. The van der Waals surface area contributed by atoms with Crippen molar-refractivity contribution in [3.05, 3.63) is 46.5 Å². The maximum atomic E-state index is 12.5. The standard InChI is InChI=1S/C24H36N2O4.C2H6.2Cs/c1-7-17-11-19(23(27)21(13-17)29-5)15-25(3)9-10-26(4)16-20-12-18(8-2)14-22(30-6)24(20)28;1-2;;/h11-14,27-28H,7-10,15-16H2,1-6H3;1-2H3;;/q;;2*+1/p-2. The van der Waals surface area contributed by atoms with Crippen molar-refractivity contribution in [2.75, 3.05) is 41.4 Å². The van der Waals surface area contributed by atoms with Crippen molar-refractivity contribution in [1.82, 2.24) is 9.80 Å². The number of hydrogen-bond acceptors (Lipinski definition) is 6. The number of aryl methyl sites for hydroxylation is 2. The third-order valence-corrected chi connectivity index (χ3v) is 5.38. The van der Waals surface area contributed by atoms with Gasteiger partial charge >= 0.3 is 138 Å². The number of rotatable bonds is 11. The van der Waals surface area contributed by atoms with Gasteiger partial charge in [0, 0.05) is 26.2 Å². The van der Waals surface area contributed by atoms with E-state index < -0.39 is 0 Å². The fourth-order valence-corrected chi connectivity index (χ4v) is 3.47. The summed E-state index contributed by atoms with van der Waals surface area (Å²) in [6, 6.07) is 7.58. The molecular formula is C26H40Cs2N2O4.